The summed E-state index contributed by atoms with van der Waals surface area (Å²) in [5.74, 6) is 0.934. The fourth-order valence-electron chi connectivity index (χ4n) is 3.32. The first-order valence-corrected chi connectivity index (χ1v) is 10.6. The number of primary amides is 1. The van der Waals surface area contributed by atoms with Crippen molar-refractivity contribution in [3.05, 3.63) is 64.8 Å². The van der Waals surface area contributed by atoms with Gasteiger partial charge in [0.05, 0.1) is 24.8 Å². The topological polar surface area (TPSA) is 106 Å². The van der Waals surface area contributed by atoms with E-state index in [1.54, 1.807) is 43.8 Å². The Bertz CT molecular complexity index is 1290. The lowest BCUT2D eigenvalue weighted by Gasteiger charge is -2.10. The number of hydrogen-bond acceptors (Lipinski definition) is 7. The van der Waals surface area contributed by atoms with Gasteiger partial charge in [0.1, 0.15) is 34.8 Å². The second kappa shape index (κ2) is 9.11. The number of rotatable bonds is 9. The van der Waals surface area contributed by atoms with Gasteiger partial charge < -0.3 is 19.9 Å². The third-order valence-corrected chi connectivity index (χ3v) is 5.97. The van der Waals surface area contributed by atoms with E-state index in [0.717, 1.165) is 11.8 Å². The van der Waals surface area contributed by atoms with Gasteiger partial charge in [0.15, 0.2) is 11.5 Å². The Balaban J connectivity index is 1.72. The number of carbonyl (C=O) groups is 2. The van der Waals surface area contributed by atoms with Gasteiger partial charge >= 0.3 is 0 Å². The number of nitrogens with two attached hydrogens (primary N) is 1. The first kappa shape index (κ1) is 21.4. The minimum absolute atomic E-state index is 0.127. The predicted molar refractivity (Wildman–Crippen MR) is 121 cm³/mol. The van der Waals surface area contributed by atoms with Crippen LogP contribution >= 0.6 is 11.3 Å². The molecule has 4 rings (SSSR count). The summed E-state index contributed by atoms with van der Waals surface area (Å²) in [5.41, 5.74) is 8.33. The minimum Gasteiger partial charge on any atom is -0.493 e. The monoisotopic (exact) mass is 451 g/mol. The molecule has 0 saturated carbocycles. The Labute approximate surface area is 188 Å². The third kappa shape index (κ3) is 4.02. The van der Waals surface area contributed by atoms with E-state index >= 15 is 0 Å². The van der Waals surface area contributed by atoms with E-state index in [0.29, 0.717) is 45.5 Å². The van der Waals surface area contributed by atoms with Crippen LogP contribution in [0.15, 0.2) is 48.8 Å². The largest absolute Gasteiger partial charge is 0.493 e. The van der Waals surface area contributed by atoms with Crippen molar-refractivity contribution in [3.8, 4) is 22.2 Å². The lowest BCUT2D eigenvalue weighted by atomic mass is 10.1. The van der Waals surface area contributed by atoms with Gasteiger partial charge in [-0.15, -0.1) is 11.3 Å². The fraction of sp³-hybridized carbons (Fsp3) is 0.174. The van der Waals surface area contributed by atoms with E-state index in [1.807, 2.05) is 23.6 Å². The molecule has 4 aromatic rings. The Morgan fingerprint density at radius 1 is 1.16 bits per heavy atom. The number of imidazole rings is 1. The second-order valence-corrected chi connectivity index (χ2v) is 7.82. The number of carbonyl (C=O) groups excluding carboxylic acids is 2. The van der Waals surface area contributed by atoms with Crippen LogP contribution in [0.3, 0.4) is 0 Å². The van der Waals surface area contributed by atoms with Gasteiger partial charge in [-0.3, -0.25) is 14.2 Å². The van der Waals surface area contributed by atoms with E-state index in [2.05, 4.69) is 4.98 Å². The number of methoxy groups -OCH3 is 1. The predicted octanol–water partition coefficient (Wildman–Crippen LogP) is 3.98. The van der Waals surface area contributed by atoms with Crippen molar-refractivity contribution in [3.63, 3.8) is 0 Å². The molecule has 0 aliphatic heterocycles. The van der Waals surface area contributed by atoms with Crippen molar-refractivity contribution in [1.29, 1.82) is 0 Å². The van der Waals surface area contributed by atoms with E-state index in [9.17, 15) is 9.59 Å². The molecule has 0 spiro atoms. The van der Waals surface area contributed by atoms with Crippen LogP contribution in [0.25, 0.3) is 16.0 Å². The zero-order chi connectivity index (χ0) is 22.7. The number of aldehydes is 1. The molecule has 0 unspecified atom stereocenters. The summed E-state index contributed by atoms with van der Waals surface area (Å²) in [6.07, 6.45) is 2.43. The number of hydrogen-bond donors (Lipinski definition) is 1. The highest BCUT2D eigenvalue weighted by Crippen LogP contribution is 2.37. The van der Waals surface area contributed by atoms with E-state index in [4.69, 9.17) is 19.9 Å². The van der Waals surface area contributed by atoms with Crippen LogP contribution in [0.1, 0.15) is 32.5 Å². The molecular weight excluding hydrogens is 430 g/mol. The molecule has 0 bridgehead atoms. The molecule has 0 saturated heterocycles. The normalized spacial score (nSPS) is 10.8. The summed E-state index contributed by atoms with van der Waals surface area (Å²) in [6, 6.07) is 12.5. The van der Waals surface area contributed by atoms with E-state index in [1.165, 1.54) is 11.3 Å². The number of benzene rings is 2. The number of amides is 1. The molecule has 0 atom stereocenters. The Kier molecular flexibility index (Phi) is 6.09. The van der Waals surface area contributed by atoms with Gasteiger partial charge in [-0.25, -0.2) is 4.98 Å². The average Bonchev–Trinajstić information content (AvgIpc) is 3.41. The number of fused-ring (bicyclic) bond motifs is 1. The molecule has 164 valence electrons. The first-order chi connectivity index (χ1) is 15.5. The summed E-state index contributed by atoms with van der Waals surface area (Å²) in [5, 5.41) is 0.701. The van der Waals surface area contributed by atoms with Gasteiger partial charge in [-0.1, -0.05) is 24.3 Å². The van der Waals surface area contributed by atoms with E-state index < -0.39 is 5.91 Å². The van der Waals surface area contributed by atoms with Crippen LogP contribution in [0, 0.1) is 0 Å². The van der Waals surface area contributed by atoms with Crippen molar-refractivity contribution in [1.82, 2.24) is 9.55 Å². The van der Waals surface area contributed by atoms with Crippen molar-refractivity contribution < 1.29 is 23.8 Å². The molecule has 8 nitrogen and oxygen atoms in total. The van der Waals surface area contributed by atoms with E-state index in [-0.39, 0.29) is 11.5 Å². The lowest BCUT2D eigenvalue weighted by Crippen LogP contribution is -2.10. The number of aromatic nitrogens is 2. The number of thiophene rings is 1. The molecule has 1 amide bonds. The maximum absolute atomic E-state index is 12.1. The van der Waals surface area contributed by atoms with Gasteiger partial charge in [-0.05, 0) is 12.5 Å². The summed E-state index contributed by atoms with van der Waals surface area (Å²) in [4.78, 5) is 28.0. The Morgan fingerprint density at radius 3 is 2.69 bits per heavy atom. The van der Waals surface area contributed by atoms with Crippen LogP contribution in [-0.2, 0) is 6.61 Å². The van der Waals surface area contributed by atoms with Crippen molar-refractivity contribution in [2.75, 3.05) is 13.7 Å². The summed E-state index contributed by atoms with van der Waals surface area (Å²) in [6.45, 7) is 2.51. The van der Waals surface area contributed by atoms with Crippen molar-refractivity contribution >= 4 is 34.6 Å². The van der Waals surface area contributed by atoms with Crippen LogP contribution in [0.5, 0.6) is 17.2 Å². The van der Waals surface area contributed by atoms with Gasteiger partial charge in [0, 0.05) is 23.8 Å². The Hall–Kier alpha value is -3.85. The van der Waals surface area contributed by atoms with Gasteiger partial charge in [-0.2, -0.15) is 0 Å². The minimum atomic E-state index is -0.596. The molecule has 2 N–H and O–H groups in total. The van der Waals surface area contributed by atoms with Crippen LogP contribution < -0.4 is 19.9 Å². The summed E-state index contributed by atoms with van der Waals surface area (Å²) >= 11 is 1.20. The average molecular weight is 452 g/mol. The van der Waals surface area contributed by atoms with Crippen molar-refractivity contribution in [2.24, 2.45) is 5.73 Å². The zero-order valence-corrected chi connectivity index (χ0v) is 18.3. The van der Waals surface area contributed by atoms with Crippen LogP contribution in [-0.4, -0.2) is 35.5 Å². The smallest absolute Gasteiger partial charge is 0.262 e. The lowest BCUT2D eigenvalue weighted by molar-refractivity contribution is 0.0999. The molecule has 0 aliphatic carbocycles. The van der Waals surface area contributed by atoms with Crippen molar-refractivity contribution in [2.45, 2.75) is 13.5 Å². The number of ether oxygens (including phenoxy) is 3. The maximum atomic E-state index is 12.1. The van der Waals surface area contributed by atoms with Crippen LogP contribution in [0.4, 0.5) is 0 Å². The standard InChI is InChI=1S/C23H21N3O5S/c1-3-30-19-9-17-16(8-18(19)29-2)25-13-26(17)21-10-20(22(32-21)23(24)28)31-12-15-7-5-4-6-14(15)11-27/h4-11,13H,3,12H2,1-2H3,(H2,24,28). The molecule has 2 aromatic heterocycles. The second-order valence-electron chi connectivity index (χ2n) is 6.79. The molecule has 2 aromatic carbocycles. The molecule has 32 heavy (non-hydrogen) atoms. The molecule has 0 fully saturated rings. The molecule has 9 heteroatoms. The van der Waals surface area contributed by atoms with Gasteiger partial charge in [0.25, 0.3) is 5.91 Å². The molecule has 0 radical (unpaired) electrons. The van der Waals surface area contributed by atoms with Crippen LogP contribution in [0.2, 0.25) is 0 Å². The summed E-state index contributed by atoms with van der Waals surface area (Å²) < 4.78 is 18.8. The maximum Gasteiger partial charge on any atom is 0.262 e. The third-order valence-electron chi connectivity index (χ3n) is 4.84. The molecular formula is C23H21N3O5S. The SMILES string of the molecule is CCOc1cc2c(cc1OC)ncn2-c1cc(OCc2ccccc2C=O)c(C(N)=O)s1. The summed E-state index contributed by atoms with van der Waals surface area (Å²) in [7, 11) is 1.57. The van der Waals surface area contributed by atoms with Gasteiger partial charge in [0.2, 0.25) is 0 Å². The first-order valence-electron chi connectivity index (χ1n) is 9.83. The highest BCUT2D eigenvalue weighted by atomic mass is 32.1. The Morgan fingerprint density at radius 2 is 1.97 bits per heavy atom. The molecule has 2 heterocycles. The molecule has 0 aliphatic rings. The number of nitrogens with zero attached hydrogens (tertiary/aromatic N) is 2. The highest BCUT2D eigenvalue weighted by Gasteiger charge is 2.19. The quantitative estimate of drug-likeness (QED) is 0.386. The highest BCUT2D eigenvalue weighted by molar-refractivity contribution is 7.16. The fourth-order valence-corrected chi connectivity index (χ4v) is 4.25. The zero-order valence-electron chi connectivity index (χ0n) is 17.5.